The Morgan fingerprint density at radius 3 is 2.89 bits per heavy atom. The Kier molecular flexibility index (Phi) is 2.96. The number of aryl methyl sites for hydroxylation is 1. The molecular formula is C14H14BrNOS. The minimum absolute atomic E-state index is 0.681. The van der Waals surface area contributed by atoms with E-state index in [1.165, 1.54) is 10.4 Å². The number of anilines is 1. The van der Waals surface area contributed by atoms with Gasteiger partial charge in [0.05, 0.1) is 9.39 Å². The van der Waals surface area contributed by atoms with Crippen molar-refractivity contribution in [3.05, 3.63) is 50.1 Å². The second-order valence-electron chi connectivity index (χ2n) is 4.83. The van der Waals surface area contributed by atoms with E-state index in [2.05, 4.69) is 22.0 Å². The molecule has 18 heavy (non-hydrogen) atoms. The van der Waals surface area contributed by atoms with Crippen LogP contribution in [0.5, 0.6) is 0 Å². The lowest BCUT2D eigenvalue weighted by Crippen LogP contribution is -2.24. The van der Waals surface area contributed by atoms with Gasteiger partial charge < -0.3 is 10.8 Å². The molecule has 1 unspecified atom stereocenters. The molecule has 94 valence electrons. The molecule has 1 atom stereocenters. The number of rotatable bonds is 2. The molecule has 0 fully saturated rings. The zero-order valence-electron chi connectivity index (χ0n) is 9.82. The molecule has 0 aliphatic heterocycles. The van der Waals surface area contributed by atoms with Crippen LogP contribution in [0.4, 0.5) is 5.69 Å². The van der Waals surface area contributed by atoms with Gasteiger partial charge in [0, 0.05) is 17.0 Å². The van der Waals surface area contributed by atoms with E-state index in [0.29, 0.717) is 6.42 Å². The van der Waals surface area contributed by atoms with Gasteiger partial charge >= 0.3 is 0 Å². The summed E-state index contributed by atoms with van der Waals surface area (Å²) in [6.07, 6.45) is 2.37. The molecule has 0 saturated heterocycles. The van der Waals surface area contributed by atoms with E-state index in [1.54, 1.807) is 11.3 Å². The van der Waals surface area contributed by atoms with E-state index < -0.39 is 5.60 Å². The Labute approximate surface area is 119 Å². The van der Waals surface area contributed by atoms with Crippen molar-refractivity contribution in [1.82, 2.24) is 0 Å². The lowest BCUT2D eigenvalue weighted by atomic mass is 9.91. The number of nitrogen functional groups attached to an aromatic ring is 1. The summed E-state index contributed by atoms with van der Waals surface area (Å²) in [4.78, 5) is 1.20. The first-order valence-corrected chi connectivity index (χ1v) is 7.53. The fourth-order valence-electron chi connectivity index (χ4n) is 2.67. The zero-order valence-corrected chi connectivity index (χ0v) is 12.2. The Hall–Kier alpha value is -0.840. The van der Waals surface area contributed by atoms with Crippen molar-refractivity contribution in [2.45, 2.75) is 24.9 Å². The van der Waals surface area contributed by atoms with Gasteiger partial charge in [-0.15, -0.1) is 11.3 Å². The molecule has 1 aliphatic carbocycles. The van der Waals surface area contributed by atoms with Crippen LogP contribution in [0.25, 0.3) is 0 Å². The smallest absolute Gasteiger partial charge is 0.0950 e. The molecule has 1 aromatic carbocycles. The van der Waals surface area contributed by atoms with Crippen LogP contribution in [-0.2, 0) is 18.4 Å². The summed E-state index contributed by atoms with van der Waals surface area (Å²) >= 11 is 5.14. The number of fused-ring (bicyclic) bond motifs is 1. The van der Waals surface area contributed by atoms with Crippen molar-refractivity contribution in [2.75, 3.05) is 5.73 Å². The number of hydrogen-bond donors (Lipinski definition) is 2. The lowest BCUT2D eigenvalue weighted by Gasteiger charge is -2.23. The topological polar surface area (TPSA) is 46.2 Å². The van der Waals surface area contributed by atoms with E-state index >= 15 is 0 Å². The molecule has 3 N–H and O–H groups in total. The number of nitrogens with two attached hydrogens (primary N) is 1. The number of thiophene rings is 1. The minimum atomic E-state index is -0.729. The number of aliphatic hydroxyl groups is 1. The molecule has 2 aromatic rings. The highest BCUT2D eigenvalue weighted by Crippen LogP contribution is 2.41. The van der Waals surface area contributed by atoms with Crippen LogP contribution in [0, 0.1) is 0 Å². The van der Waals surface area contributed by atoms with E-state index in [-0.39, 0.29) is 0 Å². The third-order valence-electron chi connectivity index (χ3n) is 3.53. The monoisotopic (exact) mass is 323 g/mol. The van der Waals surface area contributed by atoms with Crippen molar-refractivity contribution in [1.29, 1.82) is 0 Å². The molecule has 4 heteroatoms. The van der Waals surface area contributed by atoms with E-state index in [4.69, 9.17) is 5.73 Å². The molecule has 1 heterocycles. The van der Waals surface area contributed by atoms with Crippen molar-refractivity contribution < 1.29 is 5.11 Å². The van der Waals surface area contributed by atoms with Gasteiger partial charge in [-0.05, 0) is 64.2 Å². The molecular weight excluding hydrogens is 310 g/mol. The lowest BCUT2D eigenvalue weighted by molar-refractivity contribution is 0.0398. The number of halogens is 1. The molecule has 1 aliphatic rings. The molecule has 3 rings (SSSR count). The largest absolute Gasteiger partial charge is 0.399 e. The van der Waals surface area contributed by atoms with E-state index in [1.807, 2.05) is 24.3 Å². The van der Waals surface area contributed by atoms with Gasteiger partial charge in [-0.25, -0.2) is 0 Å². The van der Waals surface area contributed by atoms with Crippen molar-refractivity contribution >= 4 is 33.0 Å². The zero-order chi connectivity index (χ0) is 12.8. The normalized spacial score (nSPS) is 22.1. The van der Waals surface area contributed by atoms with Gasteiger partial charge in [-0.3, -0.25) is 0 Å². The third-order valence-corrected chi connectivity index (χ3v) is 5.16. The van der Waals surface area contributed by atoms with Gasteiger partial charge in [0.15, 0.2) is 0 Å². The van der Waals surface area contributed by atoms with Crippen molar-refractivity contribution in [3.63, 3.8) is 0 Å². The predicted octanol–water partition coefficient (Wildman–Crippen LogP) is 3.47. The standard InChI is InChI=1S/C14H14BrNOS/c15-13-4-2-11(18-13)8-14(17)6-5-9-7-10(16)1-3-12(9)14/h1-4,7,17H,5-6,8,16H2. The molecule has 0 saturated carbocycles. The van der Waals surface area contributed by atoms with Gasteiger partial charge in [0.25, 0.3) is 0 Å². The quantitative estimate of drug-likeness (QED) is 0.831. The van der Waals surface area contributed by atoms with Crippen LogP contribution >= 0.6 is 27.3 Å². The summed E-state index contributed by atoms with van der Waals surface area (Å²) in [6.45, 7) is 0. The molecule has 0 amide bonds. The summed E-state index contributed by atoms with van der Waals surface area (Å²) in [5.74, 6) is 0. The maximum atomic E-state index is 10.8. The third kappa shape index (κ3) is 2.09. The van der Waals surface area contributed by atoms with Crippen LogP contribution in [0.3, 0.4) is 0 Å². The average molecular weight is 324 g/mol. The van der Waals surface area contributed by atoms with Gasteiger partial charge in [-0.2, -0.15) is 0 Å². The van der Waals surface area contributed by atoms with Crippen LogP contribution < -0.4 is 5.73 Å². The van der Waals surface area contributed by atoms with Crippen LogP contribution in [-0.4, -0.2) is 5.11 Å². The maximum Gasteiger partial charge on any atom is 0.0950 e. The van der Waals surface area contributed by atoms with Crippen LogP contribution in [0.2, 0.25) is 0 Å². The molecule has 0 radical (unpaired) electrons. The molecule has 0 spiro atoms. The fourth-order valence-corrected chi connectivity index (χ4v) is 4.26. The average Bonchev–Trinajstić information content (AvgIpc) is 2.84. The number of hydrogen-bond acceptors (Lipinski definition) is 3. The highest BCUT2D eigenvalue weighted by molar-refractivity contribution is 9.11. The first kappa shape index (κ1) is 12.2. The maximum absolute atomic E-state index is 10.8. The first-order chi connectivity index (χ1) is 8.57. The summed E-state index contributed by atoms with van der Waals surface area (Å²) < 4.78 is 1.11. The van der Waals surface area contributed by atoms with Gasteiger partial charge in [-0.1, -0.05) is 6.07 Å². The Balaban J connectivity index is 1.94. The van der Waals surface area contributed by atoms with E-state index in [0.717, 1.165) is 27.9 Å². The summed E-state index contributed by atoms with van der Waals surface area (Å²) in [7, 11) is 0. The van der Waals surface area contributed by atoms with Crippen LogP contribution in [0.1, 0.15) is 22.4 Å². The molecule has 2 nitrogen and oxygen atoms in total. The molecule has 0 bridgehead atoms. The Bertz CT molecular complexity index is 595. The fraction of sp³-hybridized carbons (Fsp3) is 0.286. The van der Waals surface area contributed by atoms with E-state index in [9.17, 15) is 5.11 Å². The second-order valence-corrected chi connectivity index (χ2v) is 7.38. The Morgan fingerprint density at radius 2 is 2.17 bits per heavy atom. The van der Waals surface area contributed by atoms with Crippen molar-refractivity contribution in [3.8, 4) is 0 Å². The van der Waals surface area contributed by atoms with Crippen molar-refractivity contribution in [2.24, 2.45) is 0 Å². The summed E-state index contributed by atoms with van der Waals surface area (Å²) in [5.41, 5.74) is 8.07. The second kappa shape index (κ2) is 4.37. The van der Waals surface area contributed by atoms with Crippen LogP contribution in [0.15, 0.2) is 34.1 Å². The first-order valence-electron chi connectivity index (χ1n) is 5.92. The summed E-state index contributed by atoms with van der Waals surface area (Å²) in [5, 5.41) is 10.8. The predicted molar refractivity (Wildman–Crippen MR) is 78.8 cm³/mol. The number of benzene rings is 1. The highest BCUT2D eigenvalue weighted by Gasteiger charge is 2.37. The Morgan fingerprint density at radius 1 is 1.33 bits per heavy atom. The highest BCUT2D eigenvalue weighted by atomic mass is 79.9. The summed E-state index contributed by atoms with van der Waals surface area (Å²) in [6, 6.07) is 9.93. The van der Waals surface area contributed by atoms with Gasteiger partial charge in [0.1, 0.15) is 0 Å². The minimum Gasteiger partial charge on any atom is -0.399 e. The van der Waals surface area contributed by atoms with Gasteiger partial charge in [0.2, 0.25) is 0 Å². The molecule has 1 aromatic heterocycles. The SMILES string of the molecule is Nc1ccc2c(c1)CCC2(O)Cc1ccc(Br)s1.